The van der Waals surface area contributed by atoms with Gasteiger partial charge >= 0.3 is 17.9 Å². The van der Waals surface area contributed by atoms with Gasteiger partial charge in [0.2, 0.25) is 0 Å². The monoisotopic (exact) mass is 1120 g/mol. The maximum absolute atomic E-state index is 12.9. The van der Waals surface area contributed by atoms with Crippen molar-refractivity contribution in [1.82, 2.24) is 0 Å². The van der Waals surface area contributed by atoms with Crippen molar-refractivity contribution in [2.24, 2.45) is 0 Å². The molecular weight excluding hydrogens is 993 g/mol. The molecule has 0 aliphatic heterocycles. The van der Waals surface area contributed by atoms with E-state index in [0.29, 0.717) is 25.7 Å². The molecule has 466 valence electrons. The summed E-state index contributed by atoms with van der Waals surface area (Å²) >= 11 is 0. The van der Waals surface area contributed by atoms with E-state index in [2.05, 4.69) is 76.3 Å². The van der Waals surface area contributed by atoms with Gasteiger partial charge in [-0.1, -0.05) is 237 Å². The molecule has 0 saturated carbocycles. The molecule has 0 aromatic heterocycles. The van der Waals surface area contributed by atoms with Crippen LogP contribution in [0.1, 0.15) is 362 Å². The number of aliphatic hydroxyl groups excluding tert-OH is 1. The number of allylic oxidation sites excluding steroid dienone is 4. The highest BCUT2D eigenvalue weighted by molar-refractivity contribution is 5.70. The first kappa shape index (κ1) is 77.0. The zero-order valence-electron chi connectivity index (χ0n) is 53.1. The van der Waals surface area contributed by atoms with Crippen molar-refractivity contribution < 1.29 is 38.5 Å². The lowest BCUT2D eigenvalue weighted by molar-refractivity contribution is -0.150. The summed E-state index contributed by atoms with van der Waals surface area (Å²) in [6, 6.07) is 0. The maximum Gasteiger partial charge on any atom is 0.306 e. The zero-order valence-corrected chi connectivity index (χ0v) is 53.1. The van der Waals surface area contributed by atoms with Crippen molar-refractivity contribution in [1.29, 1.82) is 0 Å². The molecule has 0 aliphatic rings. The van der Waals surface area contributed by atoms with Gasteiger partial charge in [0.1, 0.15) is 24.6 Å². The van der Waals surface area contributed by atoms with Gasteiger partial charge < -0.3 is 24.1 Å². The molecule has 0 saturated heterocycles. The minimum absolute atomic E-state index is 0.0129. The van der Waals surface area contributed by atoms with E-state index in [9.17, 15) is 24.3 Å². The van der Waals surface area contributed by atoms with Crippen LogP contribution < -0.4 is 0 Å². The maximum atomic E-state index is 12.9. The number of esters is 3. The topological polar surface area (TPSA) is 116 Å². The van der Waals surface area contributed by atoms with Crippen LogP contribution in [-0.2, 0) is 33.4 Å². The molecule has 0 bridgehead atoms. The van der Waals surface area contributed by atoms with Crippen LogP contribution in [0.5, 0.6) is 0 Å². The van der Waals surface area contributed by atoms with Gasteiger partial charge in [-0.05, 0) is 128 Å². The molecular formula is C72H130O8. The van der Waals surface area contributed by atoms with Crippen LogP contribution in [0.2, 0.25) is 0 Å². The fourth-order valence-electron chi connectivity index (χ4n) is 10.4. The molecule has 0 aliphatic carbocycles. The highest BCUT2D eigenvalue weighted by atomic mass is 16.6. The third-order valence-electron chi connectivity index (χ3n) is 15.6. The molecule has 4 atom stereocenters. The lowest BCUT2D eigenvalue weighted by atomic mass is 10.0. The van der Waals surface area contributed by atoms with Crippen molar-refractivity contribution in [3.05, 3.63) is 48.6 Å². The summed E-state index contributed by atoms with van der Waals surface area (Å²) in [6.45, 7) is 8.90. The Morgan fingerprint density at radius 3 is 0.850 bits per heavy atom. The second kappa shape index (κ2) is 63.6. The molecule has 0 aromatic carbocycles. The molecule has 0 rings (SSSR count). The lowest BCUT2D eigenvalue weighted by Gasteiger charge is -2.17. The Morgan fingerprint density at radius 2 is 0.550 bits per heavy atom. The van der Waals surface area contributed by atoms with E-state index in [0.717, 1.165) is 212 Å². The summed E-state index contributed by atoms with van der Waals surface area (Å²) in [6.07, 6.45) is 72.8. The fourth-order valence-corrected chi connectivity index (χ4v) is 10.4. The number of ether oxygens (including phenoxy) is 3. The van der Waals surface area contributed by atoms with Crippen molar-refractivity contribution in [3.63, 3.8) is 0 Å². The zero-order chi connectivity index (χ0) is 58.3. The van der Waals surface area contributed by atoms with E-state index in [1.165, 1.54) is 103 Å². The van der Waals surface area contributed by atoms with Crippen LogP contribution in [-0.4, -0.2) is 53.7 Å². The second-order valence-electron chi connectivity index (χ2n) is 23.6. The van der Waals surface area contributed by atoms with E-state index >= 15 is 0 Å². The minimum Gasteiger partial charge on any atom is -0.462 e. The van der Waals surface area contributed by atoms with Crippen LogP contribution in [0.25, 0.3) is 0 Å². The first-order valence-corrected chi connectivity index (χ1v) is 34.6. The first-order chi connectivity index (χ1) is 39.3. The quantitative estimate of drug-likeness (QED) is 0.0210. The SMILES string of the molecule is CCCCCCC(O)C/C=C/CCCCCCCC(=O)OC(C/C=C/CCCCCCCC(=O)OC(C/C=C/CCCCCCCC(=O)OC(C/C=C/CCCCCCCC=O)CCCCCC)CCCCCC)CCCCCC. The normalized spacial score (nSPS) is 13.5. The Bertz CT molecular complexity index is 1470. The molecule has 1 N–H and O–H groups in total. The summed E-state index contributed by atoms with van der Waals surface area (Å²) in [5.74, 6) is -0.133. The van der Waals surface area contributed by atoms with Crippen LogP contribution in [0.3, 0.4) is 0 Å². The number of aldehydes is 1. The standard InChI is InChI=1S/C72H130O8/c1-5-9-13-42-54-66(74)55-43-34-26-19-22-30-38-50-62-70(75)79-68(57-45-15-11-7-3)60-48-36-28-21-24-32-40-52-64-72(77)80-69(58-46-16-12-8-4)61-49-37-29-20-23-31-39-51-63-71(76)78-67(56-44-14-10-6-2)59-47-35-27-18-17-25-33-41-53-65-73/h34-37,43,47-49,65-69,74H,5-33,38-42,44-46,50-64H2,1-4H3/b43-34+,47-35+,48-36+,49-37+. The van der Waals surface area contributed by atoms with E-state index in [4.69, 9.17) is 14.2 Å². The number of carbonyl (C=O) groups excluding carboxylic acids is 4. The van der Waals surface area contributed by atoms with Crippen molar-refractivity contribution in [2.45, 2.75) is 386 Å². The molecule has 0 aromatic rings. The number of aliphatic hydroxyl groups is 1. The highest BCUT2D eigenvalue weighted by Crippen LogP contribution is 2.20. The number of hydrogen-bond donors (Lipinski definition) is 1. The Hall–Kier alpha value is -3.00. The molecule has 8 heteroatoms. The highest BCUT2D eigenvalue weighted by Gasteiger charge is 2.16. The smallest absolute Gasteiger partial charge is 0.306 e. The summed E-state index contributed by atoms with van der Waals surface area (Å²) in [5, 5.41) is 10.1. The van der Waals surface area contributed by atoms with E-state index in [1.807, 2.05) is 0 Å². The largest absolute Gasteiger partial charge is 0.462 e. The number of hydrogen-bond acceptors (Lipinski definition) is 8. The molecule has 0 heterocycles. The summed E-state index contributed by atoms with van der Waals surface area (Å²) in [5.41, 5.74) is 0. The average Bonchev–Trinajstić information content (AvgIpc) is 3.45. The van der Waals surface area contributed by atoms with E-state index < -0.39 is 0 Å². The van der Waals surface area contributed by atoms with Gasteiger partial charge in [-0.25, -0.2) is 0 Å². The lowest BCUT2D eigenvalue weighted by Crippen LogP contribution is -2.17. The molecule has 0 amide bonds. The van der Waals surface area contributed by atoms with Crippen LogP contribution in [0, 0.1) is 0 Å². The van der Waals surface area contributed by atoms with Crippen molar-refractivity contribution in [2.75, 3.05) is 0 Å². The predicted octanol–water partition coefficient (Wildman–Crippen LogP) is 21.9. The summed E-state index contributed by atoms with van der Waals surface area (Å²) < 4.78 is 18.1. The van der Waals surface area contributed by atoms with Gasteiger partial charge in [0.25, 0.3) is 0 Å². The van der Waals surface area contributed by atoms with Gasteiger partial charge in [-0.2, -0.15) is 0 Å². The van der Waals surface area contributed by atoms with Gasteiger partial charge in [-0.3, -0.25) is 14.4 Å². The third-order valence-corrected chi connectivity index (χ3v) is 15.6. The number of carbonyl (C=O) groups is 4. The second-order valence-corrected chi connectivity index (χ2v) is 23.6. The average molecular weight is 1120 g/mol. The van der Waals surface area contributed by atoms with Gasteiger partial charge in [0.05, 0.1) is 6.10 Å². The number of rotatable bonds is 63. The first-order valence-electron chi connectivity index (χ1n) is 34.6. The van der Waals surface area contributed by atoms with Crippen LogP contribution >= 0.6 is 0 Å². The Labute approximate surface area is 495 Å². The third kappa shape index (κ3) is 58.2. The van der Waals surface area contributed by atoms with Gasteiger partial charge in [-0.15, -0.1) is 0 Å². The Kier molecular flexibility index (Phi) is 61.2. The Balaban J connectivity index is 4.41. The van der Waals surface area contributed by atoms with Crippen molar-refractivity contribution in [3.8, 4) is 0 Å². The fraction of sp³-hybridized carbons (Fsp3) is 0.833. The molecule has 0 spiro atoms. The van der Waals surface area contributed by atoms with Crippen LogP contribution in [0.4, 0.5) is 0 Å². The van der Waals surface area contributed by atoms with Gasteiger partial charge in [0, 0.05) is 44.9 Å². The molecule has 4 unspecified atom stereocenters. The predicted molar refractivity (Wildman–Crippen MR) is 341 cm³/mol. The van der Waals surface area contributed by atoms with Gasteiger partial charge in [0.15, 0.2) is 0 Å². The summed E-state index contributed by atoms with van der Waals surface area (Å²) in [4.78, 5) is 49.0. The minimum atomic E-state index is -0.197. The Morgan fingerprint density at radius 1 is 0.300 bits per heavy atom. The van der Waals surface area contributed by atoms with E-state index in [-0.39, 0.29) is 42.3 Å². The van der Waals surface area contributed by atoms with E-state index in [1.54, 1.807) is 0 Å². The number of unbranched alkanes of at least 4 members (excludes halogenated alkanes) is 33. The molecule has 80 heavy (non-hydrogen) atoms. The molecule has 0 radical (unpaired) electrons. The van der Waals surface area contributed by atoms with Crippen LogP contribution in [0.15, 0.2) is 48.6 Å². The molecule has 0 fully saturated rings. The molecule has 8 nitrogen and oxygen atoms in total. The van der Waals surface area contributed by atoms with Crippen molar-refractivity contribution >= 4 is 24.2 Å². The summed E-state index contributed by atoms with van der Waals surface area (Å²) in [7, 11) is 0.